The molecule has 0 saturated heterocycles. The number of nitrogens with zero attached hydrogens (tertiary/aromatic N) is 1. The highest BCUT2D eigenvalue weighted by Gasteiger charge is 2.25. The molecule has 86 valence electrons. The summed E-state index contributed by atoms with van der Waals surface area (Å²) in [5.41, 5.74) is 1.54. The average Bonchev–Trinajstić information content (AvgIpc) is 2.73. The Hall–Kier alpha value is -2.23. The van der Waals surface area contributed by atoms with Crippen LogP contribution < -0.4 is 0 Å². The largest absolute Gasteiger partial charge is 0.504 e. The second-order valence-corrected chi connectivity index (χ2v) is 4.13. The lowest BCUT2D eigenvalue weighted by Crippen LogP contribution is -2.06. The molecule has 0 fully saturated rings. The van der Waals surface area contributed by atoms with E-state index in [1.807, 2.05) is 10.8 Å². The second-order valence-electron chi connectivity index (χ2n) is 4.13. The molecule has 4 heteroatoms. The van der Waals surface area contributed by atoms with Crippen LogP contribution in [0.2, 0.25) is 0 Å². The van der Waals surface area contributed by atoms with E-state index in [0.717, 1.165) is 5.56 Å². The van der Waals surface area contributed by atoms with Gasteiger partial charge in [0.05, 0.1) is 11.3 Å². The summed E-state index contributed by atoms with van der Waals surface area (Å²) >= 11 is 0. The van der Waals surface area contributed by atoms with Crippen molar-refractivity contribution in [2.24, 2.45) is 0 Å². The highest BCUT2D eigenvalue weighted by molar-refractivity contribution is 6.11. The normalized spacial score (nSPS) is 14.0. The summed E-state index contributed by atoms with van der Waals surface area (Å²) in [4.78, 5) is 12.3. The van der Waals surface area contributed by atoms with Crippen molar-refractivity contribution in [2.75, 3.05) is 0 Å². The number of fused-ring (bicyclic) bond motifs is 2. The first kappa shape index (κ1) is 9.96. The zero-order chi connectivity index (χ0) is 12.0. The Morgan fingerprint density at radius 1 is 1.18 bits per heavy atom. The summed E-state index contributed by atoms with van der Waals surface area (Å²) in [5, 5.41) is 19.3. The summed E-state index contributed by atoms with van der Waals surface area (Å²) in [6.07, 6.45) is 2.51. The number of carbonyl (C=O) groups is 1. The Kier molecular flexibility index (Phi) is 1.98. The molecule has 2 aromatic rings. The molecule has 0 saturated carbocycles. The Morgan fingerprint density at radius 3 is 2.82 bits per heavy atom. The van der Waals surface area contributed by atoms with E-state index in [-0.39, 0.29) is 22.8 Å². The van der Waals surface area contributed by atoms with Crippen LogP contribution >= 0.6 is 0 Å². The number of carbonyl (C=O) groups excluding carboxylic acids is 1. The van der Waals surface area contributed by atoms with Crippen LogP contribution in [0.1, 0.15) is 21.6 Å². The summed E-state index contributed by atoms with van der Waals surface area (Å²) in [6, 6.07) is 6.63. The molecule has 0 unspecified atom stereocenters. The van der Waals surface area contributed by atoms with Gasteiger partial charge in [-0.2, -0.15) is 0 Å². The van der Waals surface area contributed by atoms with Crippen LogP contribution in [0.15, 0.2) is 30.5 Å². The number of hydrogen-bond acceptors (Lipinski definition) is 3. The number of phenols is 2. The van der Waals surface area contributed by atoms with Crippen molar-refractivity contribution < 1.29 is 15.0 Å². The van der Waals surface area contributed by atoms with E-state index >= 15 is 0 Å². The zero-order valence-electron chi connectivity index (χ0n) is 9.05. The fourth-order valence-corrected chi connectivity index (χ4v) is 2.27. The Labute approximate surface area is 97.7 Å². The number of phenolic OH excluding ortho intramolecular Hbond substituents is 2. The van der Waals surface area contributed by atoms with Gasteiger partial charge in [-0.15, -0.1) is 0 Å². The Balaban J connectivity index is 2.28. The molecule has 1 aliphatic rings. The van der Waals surface area contributed by atoms with Gasteiger partial charge in [0.2, 0.25) is 5.78 Å². The van der Waals surface area contributed by atoms with Gasteiger partial charge < -0.3 is 14.8 Å². The molecule has 3 rings (SSSR count). The number of aromatic hydroxyl groups is 2. The lowest BCUT2D eigenvalue weighted by Gasteiger charge is -2.07. The first-order chi connectivity index (χ1) is 8.18. The van der Waals surface area contributed by atoms with Crippen molar-refractivity contribution in [3.8, 4) is 11.5 Å². The number of aryl methyl sites for hydroxylation is 2. The lowest BCUT2D eigenvalue weighted by molar-refractivity contribution is 0.102. The molecule has 0 amide bonds. The van der Waals surface area contributed by atoms with Gasteiger partial charge in [-0.3, -0.25) is 4.79 Å². The van der Waals surface area contributed by atoms with Crippen LogP contribution in [0.3, 0.4) is 0 Å². The van der Waals surface area contributed by atoms with Crippen LogP contribution in [0, 0.1) is 0 Å². The van der Waals surface area contributed by atoms with Gasteiger partial charge in [-0.1, -0.05) is 6.07 Å². The predicted molar refractivity (Wildman–Crippen MR) is 61.3 cm³/mol. The van der Waals surface area contributed by atoms with Crippen LogP contribution in [0.25, 0.3) is 0 Å². The summed E-state index contributed by atoms with van der Waals surface area (Å²) in [5.74, 6) is -0.810. The van der Waals surface area contributed by atoms with Crippen molar-refractivity contribution in [1.82, 2.24) is 4.57 Å². The molecule has 0 radical (unpaired) electrons. The first-order valence-corrected chi connectivity index (χ1v) is 5.42. The van der Waals surface area contributed by atoms with Gasteiger partial charge in [0.25, 0.3) is 0 Å². The molecule has 2 N–H and O–H groups in total. The Bertz CT molecular complexity index is 613. The van der Waals surface area contributed by atoms with Crippen LogP contribution in [0.5, 0.6) is 11.5 Å². The van der Waals surface area contributed by atoms with Gasteiger partial charge in [-0.05, 0) is 30.2 Å². The molecular formula is C13H11NO3. The van der Waals surface area contributed by atoms with E-state index < -0.39 is 0 Å². The molecule has 0 spiro atoms. The van der Waals surface area contributed by atoms with Crippen molar-refractivity contribution in [2.45, 2.75) is 13.0 Å². The van der Waals surface area contributed by atoms with E-state index in [9.17, 15) is 15.0 Å². The van der Waals surface area contributed by atoms with Crippen molar-refractivity contribution in [1.29, 1.82) is 0 Å². The number of benzene rings is 1. The smallest absolute Gasteiger partial charge is 0.213 e. The molecule has 4 nitrogen and oxygen atoms in total. The number of aromatic nitrogens is 1. The van der Waals surface area contributed by atoms with E-state index in [0.29, 0.717) is 18.7 Å². The zero-order valence-corrected chi connectivity index (χ0v) is 9.05. The first-order valence-electron chi connectivity index (χ1n) is 5.42. The maximum absolute atomic E-state index is 12.3. The molecule has 0 aliphatic carbocycles. The number of hydrogen-bond donors (Lipinski definition) is 2. The highest BCUT2D eigenvalue weighted by Crippen LogP contribution is 2.34. The lowest BCUT2D eigenvalue weighted by atomic mass is 9.99. The van der Waals surface area contributed by atoms with E-state index in [4.69, 9.17) is 0 Å². The number of rotatable bonds is 0. The summed E-state index contributed by atoms with van der Waals surface area (Å²) in [6.45, 7) is 0.700. The third-order valence-electron chi connectivity index (χ3n) is 3.15. The molecule has 1 aromatic carbocycles. The van der Waals surface area contributed by atoms with Gasteiger partial charge in [0, 0.05) is 12.7 Å². The molecule has 0 bridgehead atoms. The minimum absolute atomic E-state index is 0.224. The van der Waals surface area contributed by atoms with E-state index in [1.165, 1.54) is 6.07 Å². The molecule has 1 aromatic heterocycles. The fraction of sp³-hybridized carbons (Fsp3) is 0.154. The minimum atomic E-state index is -0.317. The number of ketones is 1. The average molecular weight is 229 g/mol. The van der Waals surface area contributed by atoms with Gasteiger partial charge in [-0.25, -0.2) is 0 Å². The van der Waals surface area contributed by atoms with Crippen molar-refractivity contribution in [3.05, 3.63) is 47.3 Å². The third-order valence-corrected chi connectivity index (χ3v) is 3.15. The fourth-order valence-electron chi connectivity index (χ4n) is 2.27. The van der Waals surface area contributed by atoms with Crippen molar-refractivity contribution in [3.63, 3.8) is 0 Å². The quantitative estimate of drug-likeness (QED) is 0.676. The third kappa shape index (κ3) is 1.34. The van der Waals surface area contributed by atoms with Gasteiger partial charge >= 0.3 is 0 Å². The van der Waals surface area contributed by atoms with Crippen LogP contribution in [-0.4, -0.2) is 20.6 Å². The van der Waals surface area contributed by atoms with Crippen LogP contribution in [-0.2, 0) is 13.0 Å². The molecule has 1 aliphatic heterocycles. The molecular weight excluding hydrogens is 218 g/mol. The maximum Gasteiger partial charge on any atom is 0.213 e. The maximum atomic E-state index is 12.3. The van der Waals surface area contributed by atoms with E-state index in [1.54, 1.807) is 18.2 Å². The minimum Gasteiger partial charge on any atom is -0.504 e. The topological polar surface area (TPSA) is 62.5 Å². The monoisotopic (exact) mass is 229 g/mol. The van der Waals surface area contributed by atoms with Gasteiger partial charge in [0.15, 0.2) is 11.5 Å². The standard InChI is InChI=1S/C13H11NO3/c15-10-4-3-8-5-7-14-6-1-2-9(14)12(16)11(8)13(10)17/h1-4,6,15,17H,5,7H2. The SMILES string of the molecule is O=C1c2c(ccc(O)c2O)CCn2cccc21. The second kappa shape index (κ2) is 3.38. The summed E-state index contributed by atoms with van der Waals surface area (Å²) < 4.78 is 1.86. The highest BCUT2D eigenvalue weighted by atomic mass is 16.3. The molecule has 17 heavy (non-hydrogen) atoms. The van der Waals surface area contributed by atoms with Crippen LogP contribution in [0.4, 0.5) is 0 Å². The predicted octanol–water partition coefficient (Wildman–Crippen LogP) is 1.69. The summed E-state index contributed by atoms with van der Waals surface area (Å²) in [7, 11) is 0. The van der Waals surface area contributed by atoms with Crippen molar-refractivity contribution >= 4 is 5.78 Å². The Morgan fingerprint density at radius 2 is 2.00 bits per heavy atom. The van der Waals surface area contributed by atoms with Gasteiger partial charge in [0.1, 0.15) is 0 Å². The molecule has 0 atom stereocenters. The molecule has 2 heterocycles. The van der Waals surface area contributed by atoms with E-state index in [2.05, 4.69) is 0 Å².